The molecule has 0 spiro atoms. The first kappa shape index (κ1) is 14.3. The lowest BCUT2D eigenvalue weighted by atomic mass is 10.4. The second kappa shape index (κ2) is 8.86. The van der Waals surface area contributed by atoms with E-state index >= 15 is 0 Å². The van der Waals surface area contributed by atoms with Gasteiger partial charge < -0.3 is 20.4 Å². The lowest BCUT2D eigenvalue weighted by Gasteiger charge is -2.16. The van der Waals surface area contributed by atoms with Crippen molar-refractivity contribution in [2.45, 2.75) is 25.7 Å². The molecule has 4 nitrogen and oxygen atoms in total. The van der Waals surface area contributed by atoms with E-state index in [2.05, 4.69) is 20.4 Å². The van der Waals surface area contributed by atoms with E-state index in [0.717, 1.165) is 26.2 Å². The van der Waals surface area contributed by atoms with Crippen molar-refractivity contribution >= 4 is 0 Å². The van der Waals surface area contributed by atoms with Gasteiger partial charge in [0, 0.05) is 39.3 Å². The van der Waals surface area contributed by atoms with Crippen LogP contribution in [0.1, 0.15) is 25.7 Å². The minimum absolute atomic E-state index is 1.10. The van der Waals surface area contributed by atoms with Gasteiger partial charge in [0.05, 0.1) is 0 Å². The van der Waals surface area contributed by atoms with Crippen LogP contribution in [0.5, 0.6) is 0 Å². The van der Waals surface area contributed by atoms with Crippen LogP contribution in [0.15, 0.2) is 0 Å². The van der Waals surface area contributed by atoms with E-state index in [1.165, 1.54) is 65.0 Å². The van der Waals surface area contributed by atoms with Crippen LogP contribution in [0.3, 0.4) is 0 Å². The Kier molecular flexibility index (Phi) is 7.01. The molecule has 0 aromatic rings. The fourth-order valence-corrected chi connectivity index (χ4v) is 2.91. The van der Waals surface area contributed by atoms with E-state index in [-0.39, 0.29) is 0 Å². The smallest absolute Gasteiger partial charge is 0.0107 e. The summed E-state index contributed by atoms with van der Waals surface area (Å²) >= 11 is 0. The Balaban J connectivity index is 1.31. The SMILES string of the molecule is C1CCN(CCNCCNCCN2CCCC2)C1. The van der Waals surface area contributed by atoms with E-state index in [1.54, 1.807) is 0 Å². The molecule has 0 amide bonds. The number of likely N-dealkylation sites (tertiary alicyclic amines) is 2. The third-order valence-electron chi connectivity index (χ3n) is 4.09. The first-order chi connectivity index (χ1) is 8.95. The molecule has 0 radical (unpaired) electrons. The molecule has 2 N–H and O–H groups in total. The molecule has 18 heavy (non-hydrogen) atoms. The summed E-state index contributed by atoms with van der Waals surface area (Å²) in [4.78, 5) is 5.13. The van der Waals surface area contributed by atoms with Gasteiger partial charge in [-0.25, -0.2) is 0 Å². The molecule has 2 aliphatic rings. The third kappa shape index (κ3) is 5.65. The molecule has 0 aromatic heterocycles. The lowest BCUT2D eigenvalue weighted by molar-refractivity contribution is 0.330. The zero-order valence-electron chi connectivity index (χ0n) is 11.8. The second-order valence-electron chi connectivity index (χ2n) is 5.60. The molecule has 2 rings (SSSR count). The van der Waals surface area contributed by atoms with Gasteiger partial charge in [-0.3, -0.25) is 0 Å². The minimum Gasteiger partial charge on any atom is -0.314 e. The first-order valence-electron chi connectivity index (χ1n) is 7.81. The molecule has 2 heterocycles. The van der Waals surface area contributed by atoms with Crippen molar-refractivity contribution in [2.75, 3.05) is 65.4 Å². The molecule has 0 aromatic carbocycles. The molecule has 0 bridgehead atoms. The Labute approximate surface area is 112 Å². The van der Waals surface area contributed by atoms with E-state index < -0.39 is 0 Å². The van der Waals surface area contributed by atoms with Crippen molar-refractivity contribution in [3.8, 4) is 0 Å². The van der Waals surface area contributed by atoms with Gasteiger partial charge in [0.1, 0.15) is 0 Å². The summed E-state index contributed by atoms with van der Waals surface area (Å²) in [7, 11) is 0. The molecular formula is C14H30N4. The van der Waals surface area contributed by atoms with Crippen molar-refractivity contribution in [2.24, 2.45) is 0 Å². The van der Waals surface area contributed by atoms with E-state index in [4.69, 9.17) is 0 Å². The van der Waals surface area contributed by atoms with Gasteiger partial charge in [0.2, 0.25) is 0 Å². The number of hydrogen-bond donors (Lipinski definition) is 2. The predicted molar refractivity (Wildman–Crippen MR) is 77.1 cm³/mol. The Bertz CT molecular complexity index is 176. The van der Waals surface area contributed by atoms with Crippen LogP contribution in [0, 0.1) is 0 Å². The highest BCUT2D eigenvalue weighted by Gasteiger charge is 2.10. The maximum atomic E-state index is 3.52. The van der Waals surface area contributed by atoms with Gasteiger partial charge in [-0.05, 0) is 51.9 Å². The summed E-state index contributed by atoms with van der Waals surface area (Å²) in [6.07, 6.45) is 5.60. The number of rotatable bonds is 9. The summed E-state index contributed by atoms with van der Waals surface area (Å²) in [6.45, 7) is 12.2. The molecule has 0 aliphatic carbocycles. The number of hydrogen-bond acceptors (Lipinski definition) is 4. The van der Waals surface area contributed by atoms with Crippen molar-refractivity contribution in [3.05, 3.63) is 0 Å². The Morgan fingerprint density at radius 1 is 0.556 bits per heavy atom. The topological polar surface area (TPSA) is 30.5 Å². The van der Waals surface area contributed by atoms with Crippen LogP contribution in [0.25, 0.3) is 0 Å². The molecule has 0 saturated carbocycles. The monoisotopic (exact) mass is 254 g/mol. The summed E-state index contributed by atoms with van der Waals surface area (Å²) in [6, 6.07) is 0. The van der Waals surface area contributed by atoms with Gasteiger partial charge in [0.25, 0.3) is 0 Å². The molecule has 2 saturated heterocycles. The van der Waals surface area contributed by atoms with Crippen LogP contribution < -0.4 is 10.6 Å². The largest absolute Gasteiger partial charge is 0.314 e. The summed E-state index contributed by atoms with van der Waals surface area (Å²) in [5.41, 5.74) is 0. The van der Waals surface area contributed by atoms with E-state index in [1.807, 2.05) is 0 Å². The van der Waals surface area contributed by atoms with Crippen LogP contribution in [-0.2, 0) is 0 Å². The van der Waals surface area contributed by atoms with Crippen LogP contribution in [0.4, 0.5) is 0 Å². The average molecular weight is 254 g/mol. The number of nitrogens with zero attached hydrogens (tertiary/aromatic N) is 2. The average Bonchev–Trinajstić information content (AvgIpc) is 3.05. The fourth-order valence-electron chi connectivity index (χ4n) is 2.91. The first-order valence-corrected chi connectivity index (χ1v) is 7.81. The van der Waals surface area contributed by atoms with Gasteiger partial charge in [-0.15, -0.1) is 0 Å². The Hall–Kier alpha value is -0.160. The van der Waals surface area contributed by atoms with Crippen molar-refractivity contribution < 1.29 is 0 Å². The molecule has 2 fully saturated rings. The maximum absolute atomic E-state index is 3.52. The Morgan fingerprint density at radius 3 is 1.33 bits per heavy atom. The zero-order valence-corrected chi connectivity index (χ0v) is 11.8. The quantitative estimate of drug-likeness (QED) is 0.582. The molecule has 0 unspecified atom stereocenters. The van der Waals surface area contributed by atoms with Gasteiger partial charge in [0.15, 0.2) is 0 Å². The molecular weight excluding hydrogens is 224 g/mol. The van der Waals surface area contributed by atoms with Crippen molar-refractivity contribution in [1.29, 1.82) is 0 Å². The summed E-state index contributed by atoms with van der Waals surface area (Å²) in [5, 5.41) is 7.05. The summed E-state index contributed by atoms with van der Waals surface area (Å²) < 4.78 is 0. The molecule has 2 aliphatic heterocycles. The second-order valence-corrected chi connectivity index (χ2v) is 5.60. The molecule has 0 atom stereocenters. The zero-order chi connectivity index (χ0) is 12.5. The van der Waals surface area contributed by atoms with Gasteiger partial charge in [-0.2, -0.15) is 0 Å². The highest BCUT2D eigenvalue weighted by atomic mass is 15.2. The molecule has 4 heteroatoms. The van der Waals surface area contributed by atoms with Crippen molar-refractivity contribution in [1.82, 2.24) is 20.4 Å². The number of nitrogens with one attached hydrogen (secondary N) is 2. The van der Waals surface area contributed by atoms with Crippen LogP contribution in [-0.4, -0.2) is 75.2 Å². The highest BCUT2D eigenvalue weighted by Crippen LogP contribution is 2.05. The highest BCUT2D eigenvalue weighted by molar-refractivity contribution is 4.68. The normalized spacial score (nSPS) is 22.0. The van der Waals surface area contributed by atoms with Gasteiger partial charge >= 0.3 is 0 Å². The van der Waals surface area contributed by atoms with Gasteiger partial charge in [-0.1, -0.05) is 0 Å². The summed E-state index contributed by atoms with van der Waals surface area (Å²) in [5.74, 6) is 0. The Morgan fingerprint density at radius 2 is 0.944 bits per heavy atom. The van der Waals surface area contributed by atoms with Crippen LogP contribution in [0.2, 0.25) is 0 Å². The lowest BCUT2D eigenvalue weighted by Crippen LogP contribution is -2.36. The predicted octanol–water partition coefficient (Wildman–Crippen LogP) is 0.357. The van der Waals surface area contributed by atoms with Crippen LogP contribution >= 0.6 is 0 Å². The minimum atomic E-state index is 1.10. The fraction of sp³-hybridized carbons (Fsp3) is 1.00. The molecule has 106 valence electrons. The standard InChI is InChI=1S/C14H30N4/c1-2-10-17(9-1)13-7-15-5-6-16-8-14-18-11-3-4-12-18/h15-16H,1-14H2. The van der Waals surface area contributed by atoms with E-state index in [0.29, 0.717) is 0 Å². The van der Waals surface area contributed by atoms with Crippen molar-refractivity contribution in [3.63, 3.8) is 0 Å². The van der Waals surface area contributed by atoms with E-state index in [9.17, 15) is 0 Å². The maximum Gasteiger partial charge on any atom is 0.0107 e. The third-order valence-corrected chi connectivity index (χ3v) is 4.09.